The summed E-state index contributed by atoms with van der Waals surface area (Å²) in [6.45, 7) is 1.49. The van der Waals surface area contributed by atoms with Gasteiger partial charge in [0.25, 0.3) is 0 Å². The van der Waals surface area contributed by atoms with Crippen molar-refractivity contribution in [3.05, 3.63) is 84.5 Å². The summed E-state index contributed by atoms with van der Waals surface area (Å²) in [7, 11) is 0. The molecule has 1 aliphatic rings. The van der Waals surface area contributed by atoms with Gasteiger partial charge in [0.05, 0.1) is 0 Å². The van der Waals surface area contributed by atoms with E-state index in [0.717, 1.165) is 48.6 Å². The largest absolute Gasteiger partial charge is 0.339 e. The Labute approximate surface area is 164 Å². The fraction of sp³-hybridized carbons (Fsp3) is 0.217. The van der Waals surface area contributed by atoms with Gasteiger partial charge in [-0.15, -0.1) is 0 Å². The molecule has 1 aromatic carbocycles. The van der Waals surface area contributed by atoms with Crippen molar-refractivity contribution >= 4 is 12.0 Å². The monoisotopic (exact) mass is 370 g/mol. The van der Waals surface area contributed by atoms with Gasteiger partial charge in [0, 0.05) is 54.9 Å². The third kappa shape index (κ3) is 4.31. The van der Waals surface area contributed by atoms with Gasteiger partial charge in [-0.1, -0.05) is 30.3 Å². The minimum Gasteiger partial charge on any atom is -0.339 e. The Morgan fingerprint density at radius 1 is 0.964 bits per heavy atom. The average molecular weight is 370 g/mol. The molecule has 2 aromatic heterocycles. The van der Waals surface area contributed by atoms with Gasteiger partial charge in [-0.3, -0.25) is 9.78 Å². The van der Waals surface area contributed by atoms with E-state index >= 15 is 0 Å². The first-order valence-electron chi connectivity index (χ1n) is 9.55. The summed E-state index contributed by atoms with van der Waals surface area (Å²) in [4.78, 5) is 27.5. The number of benzene rings is 1. The zero-order valence-electron chi connectivity index (χ0n) is 15.6. The van der Waals surface area contributed by atoms with Crippen LogP contribution in [0.4, 0.5) is 0 Å². The van der Waals surface area contributed by atoms with Gasteiger partial charge in [-0.05, 0) is 42.7 Å². The Kier molecular flexibility index (Phi) is 5.52. The van der Waals surface area contributed by atoms with E-state index in [2.05, 4.69) is 9.97 Å². The van der Waals surface area contributed by atoms with Crippen molar-refractivity contribution in [2.75, 3.05) is 13.1 Å². The van der Waals surface area contributed by atoms with Crippen molar-refractivity contribution in [3.8, 4) is 11.4 Å². The lowest BCUT2D eigenvalue weighted by Crippen LogP contribution is -2.37. The number of hydrogen-bond acceptors (Lipinski definition) is 4. The molecule has 0 radical (unpaired) electrons. The lowest BCUT2D eigenvalue weighted by molar-refractivity contribution is -0.126. The van der Waals surface area contributed by atoms with Crippen LogP contribution in [-0.4, -0.2) is 38.8 Å². The highest BCUT2D eigenvalue weighted by Gasteiger charge is 2.24. The number of likely N-dealkylation sites (tertiary alicyclic amines) is 1. The molecule has 0 atom stereocenters. The molecule has 4 rings (SSSR count). The van der Waals surface area contributed by atoms with Gasteiger partial charge in [0.15, 0.2) is 5.82 Å². The molecule has 1 saturated heterocycles. The molecular weight excluding hydrogens is 348 g/mol. The van der Waals surface area contributed by atoms with Crippen molar-refractivity contribution in [2.24, 2.45) is 0 Å². The van der Waals surface area contributed by atoms with Crippen LogP contribution in [0.1, 0.15) is 30.0 Å². The number of aromatic nitrogens is 3. The van der Waals surface area contributed by atoms with Gasteiger partial charge in [-0.25, -0.2) is 9.97 Å². The zero-order chi connectivity index (χ0) is 19.2. The Balaban J connectivity index is 1.38. The van der Waals surface area contributed by atoms with Gasteiger partial charge in [-0.2, -0.15) is 0 Å². The van der Waals surface area contributed by atoms with Crippen molar-refractivity contribution in [1.82, 2.24) is 19.9 Å². The van der Waals surface area contributed by atoms with E-state index < -0.39 is 0 Å². The molecule has 0 N–H and O–H groups in total. The summed E-state index contributed by atoms with van der Waals surface area (Å²) in [6.07, 6.45) is 10.6. The fourth-order valence-corrected chi connectivity index (χ4v) is 3.47. The second kappa shape index (κ2) is 8.57. The van der Waals surface area contributed by atoms with E-state index in [9.17, 15) is 4.79 Å². The van der Waals surface area contributed by atoms with Crippen LogP contribution in [0, 0.1) is 0 Å². The van der Waals surface area contributed by atoms with Gasteiger partial charge < -0.3 is 4.90 Å². The molecule has 3 aromatic rings. The number of rotatable bonds is 4. The molecule has 1 fully saturated rings. The number of nitrogens with zero attached hydrogens (tertiary/aromatic N) is 4. The standard InChI is InChI=1S/C23H22N4O/c28-22(7-6-18-8-13-24-14-9-18)27-16-11-19(12-17-27)21-10-15-25-23(26-21)20-4-2-1-3-5-20/h1-10,13-15,19H,11-12,16-17H2. The Hall–Kier alpha value is -3.34. The number of hydrogen-bond donors (Lipinski definition) is 0. The highest BCUT2D eigenvalue weighted by molar-refractivity contribution is 5.91. The van der Waals surface area contributed by atoms with E-state index in [0.29, 0.717) is 5.92 Å². The van der Waals surface area contributed by atoms with Crippen LogP contribution in [-0.2, 0) is 4.79 Å². The summed E-state index contributed by atoms with van der Waals surface area (Å²) in [5, 5.41) is 0. The maximum Gasteiger partial charge on any atom is 0.246 e. The lowest BCUT2D eigenvalue weighted by Gasteiger charge is -2.31. The van der Waals surface area contributed by atoms with E-state index in [4.69, 9.17) is 4.98 Å². The Morgan fingerprint density at radius 2 is 1.71 bits per heavy atom. The van der Waals surface area contributed by atoms with Gasteiger partial charge in [0.2, 0.25) is 5.91 Å². The normalized spacial score (nSPS) is 15.1. The average Bonchev–Trinajstić information content (AvgIpc) is 2.79. The molecule has 1 aliphatic heterocycles. The molecule has 5 heteroatoms. The van der Waals surface area contributed by atoms with Crippen LogP contribution in [0.15, 0.2) is 73.2 Å². The number of piperidine rings is 1. The van der Waals surface area contributed by atoms with Crippen LogP contribution in [0.25, 0.3) is 17.5 Å². The van der Waals surface area contributed by atoms with Crippen molar-refractivity contribution in [1.29, 1.82) is 0 Å². The minimum atomic E-state index is 0.0583. The summed E-state index contributed by atoms with van der Waals surface area (Å²) >= 11 is 0. The summed E-state index contributed by atoms with van der Waals surface area (Å²) in [5.41, 5.74) is 3.07. The smallest absolute Gasteiger partial charge is 0.246 e. The maximum atomic E-state index is 12.5. The molecule has 140 valence electrons. The van der Waals surface area contributed by atoms with Crippen LogP contribution >= 0.6 is 0 Å². The number of carbonyl (C=O) groups is 1. The van der Waals surface area contributed by atoms with Crippen LogP contribution in [0.5, 0.6) is 0 Å². The second-order valence-corrected chi connectivity index (χ2v) is 6.88. The first kappa shape index (κ1) is 18.0. The Bertz CT molecular complexity index is 949. The highest BCUT2D eigenvalue weighted by Crippen LogP contribution is 2.28. The SMILES string of the molecule is O=C(C=Cc1ccncc1)N1CCC(c2ccnc(-c3ccccc3)n2)CC1. The fourth-order valence-electron chi connectivity index (χ4n) is 3.47. The molecule has 3 heterocycles. The summed E-state index contributed by atoms with van der Waals surface area (Å²) in [5.74, 6) is 1.18. The molecule has 28 heavy (non-hydrogen) atoms. The molecule has 0 bridgehead atoms. The van der Waals surface area contributed by atoms with Crippen molar-refractivity contribution < 1.29 is 4.79 Å². The zero-order valence-corrected chi connectivity index (χ0v) is 15.6. The molecule has 0 aliphatic carbocycles. The van der Waals surface area contributed by atoms with Gasteiger partial charge in [0.1, 0.15) is 0 Å². The predicted molar refractivity (Wildman–Crippen MR) is 109 cm³/mol. The lowest BCUT2D eigenvalue weighted by atomic mass is 9.93. The second-order valence-electron chi connectivity index (χ2n) is 6.88. The molecular formula is C23H22N4O. The molecule has 1 amide bonds. The number of carbonyl (C=O) groups excluding carboxylic acids is 1. The Morgan fingerprint density at radius 3 is 2.46 bits per heavy atom. The maximum absolute atomic E-state index is 12.5. The van der Waals surface area contributed by atoms with Crippen molar-refractivity contribution in [2.45, 2.75) is 18.8 Å². The third-order valence-electron chi connectivity index (χ3n) is 5.06. The third-order valence-corrected chi connectivity index (χ3v) is 5.06. The van der Waals surface area contributed by atoms with E-state index in [1.165, 1.54) is 0 Å². The first-order valence-corrected chi connectivity index (χ1v) is 9.55. The minimum absolute atomic E-state index is 0.0583. The van der Waals surface area contributed by atoms with E-state index in [-0.39, 0.29) is 5.91 Å². The van der Waals surface area contributed by atoms with Crippen LogP contribution < -0.4 is 0 Å². The predicted octanol–water partition coefficient (Wildman–Crippen LogP) is 3.96. The first-order chi connectivity index (χ1) is 13.8. The van der Waals surface area contributed by atoms with Crippen LogP contribution in [0.2, 0.25) is 0 Å². The highest BCUT2D eigenvalue weighted by atomic mass is 16.2. The molecule has 0 unspecified atom stereocenters. The number of pyridine rings is 1. The molecule has 5 nitrogen and oxygen atoms in total. The molecule has 0 spiro atoms. The quantitative estimate of drug-likeness (QED) is 0.652. The van der Waals surface area contributed by atoms with E-state index in [1.807, 2.05) is 65.7 Å². The van der Waals surface area contributed by atoms with Crippen molar-refractivity contribution in [3.63, 3.8) is 0 Å². The van der Waals surface area contributed by atoms with Crippen LogP contribution in [0.3, 0.4) is 0 Å². The van der Waals surface area contributed by atoms with E-state index in [1.54, 1.807) is 18.5 Å². The topological polar surface area (TPSA) is 59.0 Å². The summed E-state index contributed by atoms with van der Waals surface area (Å²) < 4.78 is 0. The van der Waals surface area contributed by atoms with Gasteiger partial charge >= 0.3 is 0 Å². The molecule has 0 saturated carbocycles. The number of amides is 1. The summed E-state index contributed by atoms with van der Waals surface area (Å²) in [6, 6.07) is 15.8.